The number of amides is 1. The van der Waals surface area contributed by atoms with E-state index < -0.39 is 29.1 Å². The SMILES string of the molecule is CC(C)(C)OC(=O)N[C@@H]1COCC(=O)C1.Fc1ccc(F)c(F)c1. The summed E-state index contributed by atoms with van der Waals surface area (Å²) in [5.74, 6) is -2.96. The third-order valence-corrected chi connectivity index (χ3v) is 2.66. The minimum Gasteiger partial charge on any atom is -0.444 e. The van der Waals surface area contributed by atoms with Gasteiger partial charge in [-0.05, 0) is 32.9 Å². The zero-order chi connectivity index (χ0) is 18.3. The Morgan fingerprint density at radius 2 is 1.92 bits per heavy atom. The van der Waals surface area contributed by atoms with Gasteiger partial charge in [-0.1, -0.05) is 0 Å². The van der Waals surface area contributed by atoms with Crippen LogP contribution in [0.3, 0.4) is 0 Å². The molecule has 0 spiro atoms. The van der Waals surface area contributed by atoms with Crippen LogP contribution in [0.15, 0.2) is 18.2 Å². The van der Waals surface area contributed by atoms with E-state index in [1.807, 2.05) is 0 Å². The van der Waals surface area contributed by atoms with E-state index in [0.717, 1.165) is 12.1 Å². The Balaban J connectivity index is 0.000000272. The second kappa shape index (κ2) is 8.68. The second-order valence-corrected chi connectivity index (χ2v) is 6.16. The summed E-state index contributed by atoms with van der Waals surface area (Å²) < 4.78 is 45.9. The van der Waals surface area contributed by atoms with Crippen LogP contribution in [-0.2, 0) is 14.3 Å². The number of alkyl carbamates (subject to hydrolysis) is 1. The highest BCUT2D eigenvalue weighted by molar-refractivity contribution is 5.81. The van der Waals surface area contributed by atoms with Crippen LogP contribution in [-0.4, -0.2) is 36.7 Å². The predicted molar refractivity (Wildman–Crippen MR) is 79.9 cm³/mol. The molecule has 24 heavy (non-hydrogen) atoms. The van der Waals surface area contributed by atoms with E-state index in [2.05, 4.69) is 5.32 Å². The summed E-state index contributed by atoms with van der Waals surface area (Å²) in [7, 11) is 0. The van der Waals surface area contributed by atoms with Crippen LogP contribution in [0, 0.1) is 17.5 Å². The van der Waals surface area contributed by atoms with Gasteiger partial charge in [0, 0.05) is 12.5 Å². The molecule has 0 radical (unpaired) electrons. The van der Waals surface area contributed by atoms with Crippen molar-refractivity contribution >= 4 is 11.9 Å². The highest BCUT2D eigenvalue weighted by Gasteiger charge is 2.24. The van der Waals surface area contributed by atoms with Gasteiger partial charge < -0.3 is 14.8 Å². The molecule has 0 bridgehead atoms. The third-order valence-electron chi connectivity index (χ3n) is 2.66. The lowest BCUT2D eigenvalue weighted by Gasteiger charge is -2.25. The molecule has 1 atom stereocenters. The van der Waals surface area contributed by atoms with Crippen molar-refractivity contribution in [2.75, 3.05) is 13.2 Å². The van der Waals surface area contributed by atoms with Crippen LogP contribution in [0.2, 0.25) is 0 Å². The number of rotatable bonds is 1. The number of hydrogen-bond acceptors (Lipinski definition) is 4. The molecule has 1 amide bonds. The van der Waals surface area contributed by atoms with Gasteiger partial charge in [0.1, 0.15) is 18.0 Å². The van der Waals surface area contributed by atoms with E-state index in [-0.39, 0.29) is 18.4 Å². The number of ketones is 1. The molecular weight excluding hydrogens is 327 g/mol. The van der Waals surface area contributed by atoms with Crippen molar-refractivity contribution in [1.82, 2.24) is 5.32 Å². The fraction of sp³-hybridized carbons (Fsp3) is 0.500. The van der Waals surface area contributed by atoms with Gasteiger partial charge in [-0.2, -0.15) is 0 Å². The summed E-state index contributed by atoms with van der Waals surface area (Å²) in [6.07, 6.45) is -0.190. The molecular formula is C16H20F3NO4. The number of nitrogens with one attached hydrogen (secondary N) is 1. The van der Waals surface area contributed by atoms with E-state index in [1.165, 1.54) is 0 Å². The first-order chi connectivity index (χ1) is 11.1. The fourth-order valence-electron chi connectivity index (χ4n) is 1.75. The van der Waals surface area contributed by atoms with Gasteiger partial charge in [0.15, 0.2) is 17.4 Å². The highest BCUT2D eigenvalue weighted by atomic mass is 19.2. The number of benzene rings is 1. The zero-order valence-electron chi connectivity index (χ0n) is 13.7. The van der Waals surface area contributed by atoms with Gasteiger partial charge in [0.05, 0.1) is 12.6 Å². The van der Waals surface area contributed by atoms with Crippen LogP contribution in [0.5, 0.6) is 0 Å². The van der Waals surface area contributed by atoms with Crippen LogP contribution >= 0.6 is 0 Å². The van der Waals surface area contributed by atoms with Crippen LogP contribution in [0.1, 0.15) is 27.2 Å². The van der Waals surface area contributed by atoms with Crippen LogP contribution in [0.25, 0.3) is 0 Å². The first-order valence-corrected chi connectivity index (χ1v) is 7.26. The van der Waals surface area contributed by atoms with Gasteiger partial charge in [-0.25, -0.2) is 18.0 Å². The zero-order valence-corrected chi connectivity index (χ0v) is 13.7. The quantitative estimate of drug-likeness (QED) is 0.794. The minimum atomic E-state index is -1.16. The third kappa shape index (κ3) is 7.96. The number of carbonyl (C=O) groups is 2. The van der Waals surface area contributed by atoms with E-state index in [4.69, 9.17) is 9.47 Å². The Kier molecular flexibility index (Phi) is 7.21. The topological polar surface area (TPSA) is 64.6 Å². The van der Waals surface area contributed by atoms with Crippen molar-refractivity contribution in [2.24, 2.45) is 0 Å². The average Bonchev–Trinajstić information content (AvgIpc) is 2.42. The Morgan fingerprint density at radius 1 is 1.25 bits per heavy atom. The number of hydrogen-bond donors (Lipinski definition) is 1. The second-order valence-electron chi connectivity index (χ2n) is 6.16. The summed E-state index contributed by atoms with van der Waals surface area (Å²) in [6, 6.07) is 1.83. The molecule has 1 aliphatic rings. The molecule has 0 aromatic heterocycles. The first kappa shape index (κ1) is 20.0. The summed E-state index contributed by atoms with van der Waals surface area (Å²) in [4.78, 5) is 22.4. The molecule has 134 valence electrons. The number of halogens is 3. The Bertz CT molecular complexity index is 587. The van der Waals surface area contributed by atoms with Gasteiger partial charge in [0.25, 0.3) is 0 Å². The summed E-state index contributed by atoms with van der Waals surface area (Å²) in [5.41, 5.74) is -0.524. The van der Waals surface area contributed by atoms with Crippen LogP contribution in [0.4, 0.5) is 18.0 Å². The van der Waals surface area contributed by atoms with E-state index >= 15 is 0 Å². The summed E-state index contributed by atoms with van der Waals surface area (Å²) in [6.45, 7) is 5.87. The monoisotopic (exact) mass is 347 g/mol. The van der Waals surface area contributed by atoms with Gasteiger partial charge >= 0.3 is 6.09 Å². The van der Waals surface area contributed by atoms with E-state index in [9.17, 15) is 22.8 Å². The molecule has 1 aliphatic heterocycles. The highest BCUT2D eigenvalue weighted by Crippen LogP contribution is 2.09. The molecule has 0 aliphatic carbocycles. The Hall–Kier alpha value is -2.09. The van der Waals surface area contributed by atoms with Crippen molar-refractivity contribution in [3.8, 4) is 0 Å². The molecule has 1 aromatic carbocycles. The summed E-state index contributed by atoms with van der Waals surface area (Å²) in [5, 5.41) is 2.60. The molecule has 8 heteroatoms. The van der Waals surface area contributed by atoms with E-state index in [1.54, 1.807) is 20.8 Å². The van der Waals surface area contributed by atoms with Crippen molar-refractivity contribution in [3.05, 3.63) is 35.7 Å². The van der Waals surface area contributed by atoms with Crippen molar-refractivity contribution < 1.29 is 32.2 Å². The molecule has 1 aromatic rings. The molecule has 0 unspecified atom stereocenters. The number of carbonyl (C=O) groups excluding carboxylic acids is 2. The Morgan fingerprint density at radius 3 is 2.42 bits per heavy atom. The maximum atomic E-state index is 12.0. The lowest BCUT2D eigenvalue weighted by atomic mass is 10.1. The number of ether oxygens (including phenoxy) is 2. The molecule has 1 heterocycles. The number of Topliss-reactive ketones (excluding diaryl/α,β-unsaturated/α-hetero) is 1. The smallest absolute Gasteiger partial charge is 0.407 e. The predicted octanol–water partition coefficient (Wildman–Crippen LogP) is 2.97. The molecule has 0 saturated carbocycles. The maximum absolute atomic E-state index is 12.0. The molecule has 1 fully saturated rings. The lowest BCUT2D eigenvalue weighted by Crippen LogP contribution is -2.45. The van der Waals surface area contributed by atoms with Crippen molar-refractivity contribution in [3.63, 3.8) is 0 Å². The van der Waals surface area contributed by atoms with Crippen molar-refractivity contribution in [2.45, 2.75) is 38.8 Å². The molecule has 1 saturated heterocycles. The summed E-state index contributed by atoms with van der Waals surface area (Å²) >= 11 is 0. The molecule has 5 nitrogen and oxygen atoms in total. The van der Waals surface area contributed by atoms with Gasteiger partial charge in [-0.15, -0.1) is 0 Å². The lowest BCUT2D eigenvalue weighted by molar-refractivity contribution is -0.128. The standard InChI is InChI=1S/C10H17NO4.C6H3F3/c1-10(2,3)15-9(13)11-7-4-8(12)6-14-5-7;7-4-1-2-5(8)6(9)3-4/h7H,4-6H2,1-3H3,(H,11,13);1-3H/t7-;/m0./s1. The molecule has 2 rings (SSSR count). The normalized spacial score (nSPS) is 17.6. The minimum absolute atomic E-state index is 0.00214. The molecule has 1 N–H and O–H groups in total. The maximum Gasteiger partial charge on any atom is 0.407 e. The largest absolute Gasteiger partial charge is 0.444 e. The Labute approximate surface area is 138 Å². The van der Waals surface area contributed by atoms with Crippen LogP contribution < -0.4 is 5.32 Å². The van der Waals surface area contributed by atoms with Gasteiger partial charge in [-0.3, -0.25) is 4.79 Å². The van der Waals surface area contributed by atoms with E-state index in [0.29, 0.717) is 19.1 Å². The van der Waals surface area contributed by atoms with Crippen molar-refractivity contribution in [1.29, 1.82) is 0 Å². The first-order valence-electron chi connectivity index (χ1n) is 7.26. The van der Waals surface area contributed by atoms with Gasteiger partial charge in [0.2, 0.25) is 0 Å². The fourth-order valence-corrected chi connectivity index (χ4v) is 1.75. The average molecular weight is 347 g/mol.